The zero-order valence-corrected chi connectivity index (χ0v) is 11.4. The van der Waals surface area contributed by atoms with Crippen LogP contribution in [-0.2, 0) is 19.5 Å². The van der Waals surface area contributed by atoms with E-state index < -0.39 is 0 Å². The fourth-order valence-electron chi connectivity index (χ4n) is 1.60. The van der Waals surface area contributed by atoms with Crippen LogP contribution in [0.4, 0.5) is 0 Å². The topological polar surface area (TPSA) is 12.0 Å². The first kappa shape index (κ1) is 11.8. The maximum atomic E-state index is 3.50. The van der Waals surface area contributed by atoms with Gasteiger partial charge in [0.2, 0.25) is 0 Å². The van der Waals surface area contributed by atoms with Crippen molar-refractivity contribution in [3.8, 4) is 0 Å². The summed E-state index contributed by atoms with van der Waals surface area (Å²) in [6.07, 6.45) is 1.15. The molecule has 0 radical (unpaired) electrons. The number of thiophene rings is 2. The minimum atomic E-state index is 0.981. The third-order valence-corrected chi connectivity index (χ3v) is 4.78. The van der Waals surface area contributed by atoms with Gasteiger partial charge in [-0.25, -0.2) is 0 Å². The number of rotatable bonds is 5. The largest absolute Gasteiger partial charge is 0.308 e. The van der Waals surface area contributed by atoms with Crippen molar-refractivity contribution in [2.24, 2.45) is 0 Å². The van der Waals surface area contributed by atoms with Crippen molar-refractivity contribution in [3.63, 3.8) is 0 Å². The summed E-state index contributed by atoms with van der Waals surface area (Å²) in [5.74, 6) is 0. The molecule has 0 bridgehead atoms. The molecule has 0 aliphatic carbocycles. The second-order valence-corrected chi connectivity index (χ2v) is 5.90. The van der Waals surface area contributed by atoms with Crippen LogP contribution in [0.25, 0.3) is 0 Å². The third-order valence-electron chi connectivity index (χ3n) is 2.64. The minimum absolute atomic E-state index is 0.981. The van der Waals surface area contributed by atoms with E-state index in [1.807, 2.05) is 11.3 Å². The van der Waals surface area contributed by atoms with Gasteiger partial charge in [-0.2, -0.15) is 11.3 Å². The van der Waals surface area contributed by atoms with E-state index in [-0.39, 0.29) is 0 Å². The fourth-order valence-corrected chi connectivity index (χ4v) is 3.38. The van der Waals surface area contributed by atoms with Gasteiger partial charge in [0.1, 0.15) is 0 Å². The normalized spacial score (nSPS) is 10.9. The lowest BCUT2D eigenvalue weighted by Crippen LogP contribution is -2.11. The molecule has 2 heterocycles. The Kier molecular flexibility index (Phi) is 4.16. The molecule has 0 aliphatic rings. The second kappa shape index (κ2) is 5.62. The second-order valence-electron chi connectivity index (χ2n) is 3.91. The highest BCUT2D eigenvalue weighted by Gasteiger charge is 2.00. The molecule has 0 amide bonds. The van der Waals surface area contributed by atoms with E-state index in [2.05, 4.69) is 42.1 Å². The molecular weight excluding hydrogens is 234 g/mol. The van der Waals surface area contributed by atoms with Gasteiger partial charge >= 0.3 is 0 Å². The Hall–Kier alpha value is -0.640. The Labute approximate surface area is 105 Å². The lowest BCUT2D eigenvalue weighted by molar-refractivity contribution is 0.700. The van der Waals surface area contributed by atoms with Crippen LogP contribution in [0.5, 0.6) is 0 Å². The molecule has 2 rings (SSSR count). The van der Waals surface area contributed by atoms with E-state index in [1.165, 1.54) is 20.9 Å². The summed E-state index contributed by atoms with van der Waals surface area (Å²) in [6.45, 7) is 6.35. The Bertz CT molecular complexity index is 442. The standard InChI is InChI=1S/C13H17NS2/c1-3-12-4-5-13(16-12)7-14-6-11-9-15-8-10(11)2/h4-5,8-9,14H,3,6-7H2,1-2H3. The van der Waals surface area contributed by atoms with Crippen molar-refractivity contribution in [1.82, 2.24) is 5.32 Å². The Morgan fingerprint density at radius 3 is 2.56 bits per heavy atom. The van der Waals surface area contributed by atoms with Crippen LogP contribution in [0.15, 0.2) is 22.9 Å². The quantitative estimate of drug-likeness (QED) is 0.848. The summed E-state index contributed by atoms with van der Waals surface area (Å²) in [6, 6.07) is 4.47. The summed E-state index contributed by atoms with van der Waals surface area (Å²) in [5, 5.41) is 7.94. The molecule has 0 aromatic carbocycles. The first-order valence-corrected chi connectivity index (χ1v) is 7.35. The molecule has 0 spiro atoms. The van der Waals surface area contributed by atoms with E-state index in [1.54, 1.807) is 11.3 Å². The van der Waals surface area contributed by atoms with Crippen molar-refractivity contribution in [3.05, 3.63) is 43.8 Å². The maximum Gasteiger partial charge on any atom is 0.0303 e. The number of hydrogen-bond donors (Lipinski definition) is 1. The molecule has 16 heavy (non-hydrogen) atoms. The fraction of sp³-hybridized carbons (Fsp3) is 0.385. The molecule has 0 saturated heterocycles. The predicted molar refractivity (Wildman–Crippen MR) is 73.3 cm³/mol. The van der Waals surface area contributed by atoms with Gasteiger partial charge in [0.05, 0.1) is 0 Å². The molecule has 0 unspecified atom stereocenters. The summed E-state index contributed by atoms with van der Waals surface area (Å²) in [5.41, 5.74) is 2.83. The predicted octanol–water partition coefficient (Wildman–Crippen LogP) is 3.97. The highest BCUT2D eigenvalue weighted by molar-refractivity contribution is 7.12. The zero-order chi connectivity index (χ0) is 11.4. The van der Waals surface area contributed by atoms with E-state index in [9.17, 15) is 0 Å². The van der Waals surface area contributed by atoms with Gasteiger partial charge in [0.25, 0.3) is 0 Å². The summed E-state index contributed by atoms with van der Waals surface area (Å²) in [7, 11) is 0. The minimum Gasteiger partial charge on any atom is -0.308 e. The monoisotopic (exact) mass is 251 g/mol. The molecule has 2 aromatic heterocycles. The molecule has 0 aliphatic heterocycles. The van der Waals surface area contributed by atoms with Crippen molar-refractivity contribution in [2.75, 3.05) is 0 Å². The third kappa shape index (κ3) is 2.94. The van der Waals surface area contributed by atoms with Crippen molar-refractivity contribution < 1.29 is 0 Å². The first-order chi connectivity index (χ1) is 7.79. The summed E-state index contributed by atoms with van der Waals surface area (Å²) in [4.78, 5) is 2.91. The highest BCUT2D eigenvalue weighted by Crippen LogP contribution is 2.17. The molecule has 0 atom stereocenters. The van der Waals surface area contributed by atoms with Gasteiger partial charge < -0.3 is 5.32 Å². The Balaban J connectivity index is 1.82. The molecule has 0 saturated carbocycles. The molecule has 1 nitrogen and oxygen atoms in total. The zero-order valence-electron chi connectivity index (χ0n) is 9.75. The van der Waals surface area contributed by atoms with Gasteiger partial charge in [-0.1, -0.05) is 6.92 Å². The first-order valence-electron chi connectivity index (χ1n) is 5.59. The number of hydrogen-bond acceptors (Lipinski definition) is 3. The van der Waals surface area contributed by atoms with E-state index >= 15 is 0 Å². The van der Waals surface area contributed by atoms with Gasteiger partial charge in [0.15, 0.2) is 0 Å². The molecule has 3 heteroatoms. The lowest BCUT2D eigenvalue weighted by atomic mass is 10.2. The maximum absolute atomic E-state index is 3.50. The van der Waals surface area contributed by atoms with Gasteiger partial charge in [0, 0.05) is 22.8 Å². The van der Waals surface area contributed by atoms with Crippen LogP contribution in [0.2, 0.25) is 0 Å². The van der Waals surface area contributed by atoms with Crippen LogP contribution >= 0.6 is 22.7 Å². The Morgan fingerprint density at radius 2 is 1.94 bits per heavy atom. The van der Waals surface area contributed by atoms with Crippen LogP contribution in [0.1, 0.15) is 27.8 Å². The average Bonchev–Trinajstić information content (AvgIpc) is 2.89. The molecule has 2 aromatic rings. The van der Waals surface area contributed by atoms with Crippen molar-refractivity contribution in [2.45, 2.75) is 33.4 Å². The number of aryl methyl sites for hydroxylation is 2. The van der Waals surface area contributed by atoms with E-state index in [4.69, 9.17) is 0 Å². The molecule has 1 N–H and O–H groups in total. The van der Waals surface area contributed by atoms with Crippen LogP contribution in [0, 0.1) is 6.92 Å². The smallest absolute Gasteiger partial charge is 0.0303 e. The SMILES string of the molecule is CCc1ccc(CNCc2cscc2C)s1. The molecule has 86 valence electrons. The van der Waals surface area contributed by atoms with Crippen molar-refractivity contribution >= 4 is 22.7 Å². The van der Waals surface area contributed by atoms with Gasteiger partial charge in [-0.3, -0.25) is 0 Å². The lowest BCUT2D eigenvalue weighted by Gasteiger charge is -2.02. The summed E-state index contributed by atoms with van der Waals surface area (Å²) < 4.78 is 0. The average molecular weight is 251 g/mol. The van der Waals surface area contributed by atoms with E-state index in [0.717, 1.165) is 19.5 Å². The van der Waals surface area contributed by atoms with Gasteiger partial charge in [-0.05, 0) is 47.4 Å². The van der Waals surface area contributed by atoms with Crippen LogP contribution < -0.4 is 5.32 Å². The van der Waals surface area contributed by atoms with E-state index in [0.29, 0.717) is 0 Å². The van der Waals surface area contributed by atoms with Crippen LogP contribution in [0.3, 0.4) is 0 Å². The van der Waals surface area contributed by atoms with Crippen molar-refractivity contribution in [1.29, 1.82) is 0 Å². The van der Waals surface area contributed by atoms with Crippen LogP contribution in [-0.4, -0.2) is 0 Å². The molecular formula is C13H17NS2. The number of nitrogens with one attached hydrogen (secondary N) is 1. The van der Waals surface area contributed by atoms with Gasteiger partial charge in [-0.15, -0.1) is 11.3 Å². The Morgan fingerprint density at radius 1 is 1.12 bits per heavy atom. The highest BCUT2D eigenvalue weighted by atomic mass is 32.1. The summed E-state index contributed by atoms with van der Waals surface area (Å²) >= 11 is 3.70. The molecule has 0 fully saturated rings.